The molecule has 82 heavy (non-hydrogen) atoms. The van der Waals surface area contributed by atoms with Crippen molar-refractivity contribution in [3.05, 3.63) is 159 Å². The van der Waals surface area contributed by atoms with E-state index in [-0.39, 0.29) is 49.4 Å². The normalized spacial score (nSPS) is 11.0. The highest BCUT2D eigenvalue weighted by Crippen LogP contribution is 2.43. The van der Waals surface area contributed by atoms with Crippen LogP contribution in [0.15, 0.2) is 124 Å². The maximum Gasteiger partial charge on any atom is 0.417 e. The molecule has 8 aromatic rings. The van der Waals surface area contributed by atoms with E-state index < -0.39 is 43.4 Å². The van der Waals surface area contributed by atoms with Crippen LogP contribution in [0.1, 0.15) is 107 Å². The molecule has 8 rings (SSSR count). The lowest BCUT2D eigenvalue weighted by Crippen LogP contribution is -2.35. The molecule has 0 aliphatic carbocycles. The number of unbranched alkanes of at least 4 members (excludes halogenated alkanes) is 9. The van der Waals surface area contributed by atoms with Crippen molar-refractivity contribution in [1.82, 2.24) is 25.4 Å². The Hall–Kier alpha value is -10.1. The van der Waals surface area contributed by atoms with Gasteiger partial charge in [-0.3, -0.25) is 14.6 Å². The summed E-state index contributed by atoms with van der Waals surface area (Å²) in [5.41, 5.74) is 3.22. The number of hydrogen-bond donors (Lipinski definition) is 9. The van der Waals surface area contributed by atoms with Crippen LogP contribution in [0.3, 0.4) is 0 Å². The van der Waals surface area contributed by atoms with E-state index in [9.17, 15) is 64.2 Å². The van der Waals surface area contributed by atoms with Crippen LogP contribution in [-0.2, 0) is 13.1 Å². The third kappa shape index (κ3) is 14.6. The smallest absolute Gasteiger partial charge is 0.417 e. The Labute approximate surface area is 473 Å². The van der Waals surface area contributed by atoms with Crippen LogP contribution in [-0.4, -0.2) is 99.9 Å². The molecule has 0 saturated carbocycles. The fourth-order valence-electron chi connectivity index (χ4n) is 9.57. The quantitative estimate of drug-likeness (QED) is 0.0106. The van der Waals surface area contributed by atoms with Gasteiger partial charge in [0.15, 0.2) is 10.5 Å². The topological polar surface area (TPSA) is 309 Å². The zero-order valence-electron chi connectivity index (χ0n) is 44.1. The first kappa shape index (κ1) is 58.1. The van der Waals surface area contributed by atoms with Gasteiger partial charge in [-0.25, -0.2) is 33.8 Å². The molecule has 2 aromatic heterocycles. The zero-order valence-corrected chi connectivity index (χ0v) is 44.9. The van der Waals surface area contributed by atoms with Crippen molar-refractivity contribution in [1.29, 1.82) is 0 Å². The van der Waals surface area contributed by atoms with Gasteiger partial charge < -0.3 is 51.0 Å². The molecule has 6 aromatic carbocycles. The van der Waals surface area contributed by atoms with Crippen LogP contribution in [0, 0.1) is 11.8 Å². The van der Waals surface area contributed by atoms with E-state index in [1.807, 2.05) is 12.1 Å². The first-order valence-electron chi connectivity index (χ1n) is 26.3. The average Bonchev–Trinajstić information content (AvgIpc) is 3.08. The first-order valence-corrected chi connectivity index (χ1v) is 26.7. The maximum absolute atomic E-state index is 13.6. The summed E-state index contributed by atoms with van der Waals surface area (Å²) in [6, 6.07) is 31.0. The highest BCUT2D eigenvalue weighted by atomic mass is 32.1. The monoisotopic (exact) mass is 1130 g/mol. The number of aromatic carboxylic acids is 1. The third-order valence-electron chi connectivity index (χ3n) is 13.6. The molecule has 0 radical (unpaired) electrons. The fraction of sp³-hybridized carbons (Fsp3) is 0.230. The second-order valence-corrected chi connectivity index (χ2v) is 19.8. The van der Waals surface area contributed by atoms with E-state index in [2.05, 4.69) is 32.8 Å². The number of phenols is 1. The van der Waals surface area contributed by atoms with Crippen molar-refractivity contribution in [2.75, 3.05) is 18.4 Å². The molecule has 5 amide bonds. The molecule has 0 fully saturated rings. The lowest BCUT2D eigenvalue weighted by molar-refractivity contribution is 0.0696. The number of carbonyl (C=O) groups is 6. The summed E-state index contributed by atoms with van der Waals surface area (Å²) in [6.07, 6.45) is 3.20. The Morgan fingerprint density at radius 1 is 0.537 bits per heavy atom. The van der Waals surface area contributed by atoms with Gasteiger partial charge in [0.2, 0.25) is 0 Å². The number of nitrogens with zero attached hydrogens (tertiary/aromatic N) is 3. The van der Waals surface area contributed by atoms with E-state index in [1.165, 1.54) is 36.4 Å². The second-order valence-electron chi connectivity index (χ2n) is 19.4. The number of imide groups is 2. The minimum Gasteiger partial charge on any atom is -0.508 e. The number of carboxylic acid groups (broad SMARTS) is 5. The van der Waals surface area contributed by atoms with Gasteiger partial charge in [-0.05, 0) is 145 Å². The summed E-state index contributed by atoms with van der Waals surface area (Å²) in [5, 5.41) is 71.6. The summed E-state index contributed by atoms with van der Waals surface area (Å²) in [7, 11) is 0. The lowest BCUT2D eigenvalue weighted by Gasteiger charge is -2.17. The SMILES string of the molecule is O=C(NCCCCCCCCCCCCNC(=S)Nc1ccc(C#Cc2cc(CN(C(=O)O)C(=O)O)nc(CN(C(=O)O)C(=O)O)c2)cc1)c1ccc(C(=O)O)c(-c2c3ccc4cc(O)ccc4c3oc3c2ccc2cc(=O)ccc23)c1. The van der Waals surface area contributed by atoms with Crippen LogP contribution in [0.2, 0.25) is 0 Å². The van der Waals surface area contributed by atoms with E-state index >= 15 is 0 Å². The molecule has 0 bridgehead atoms. The molecular weight excluding hydrogens is 1070 g/mol. The minimum absolute atomic E-state index is 0.00380. The number of nitrogens with one attached hydrogen (secondary N) is 3. The fourth-order valence-corrected chi connectivity index (χ4v) is 9.79. The van der Waals surface area contributed by atoms with Crippen LogP contribution in [0.25, 0.3) is 54.6 Å². The summed E-state index contributed by atoms with van der Waals surface area (Å²) < 4.78 is 6.63. The molecule has 21 heteroatoms. The lowest BCUT2D eigenvalue weighted by atomic mass is 9.90. The van der Waals surface area contributed by atoms with Gasteiger partial charge in [0, 0.05) is 62.6 Å². The first-order chi connectivity index (χ1) is 39.4. The van der Waals surface area contributed by atoms with E-state index in [0.29, 0.717) is 89.6 Å². The van der Waals surface area contributed by atoms with Gasteiger partial charge in [-0.1, -0.05) is 75.3 Å². The number of rotatable bonds is 21. The highest BCUT2D eigenvalue weighted by Gasteiger charge is 2.25. The third-order valence-corrected chi connectivity index (χ3v) is 13.8. The highest BCUT2D eigenvalue weighted by molar-refractivity contribution is 7.80. The van der Waals surface area contributed by atoms with Crippen LogP contribution >= 0.6 is 12.2 Å². The van der Waals surface area contributed by atoms with Gasteiger partial charge in [0.25, 0.3) is 5.91 Å². The van der Waals surface area contributed by atoms with Crippen molar-refractivity contribution < 1.29 is 63.8 Å². The number of carbonyl (C=O) groups excluding carboxylic acids is 1. The predicted molar refractivity (Wildman–Crippen MR) is 312 cm³/mol. The molecule has 0 aliphatic heterocycles. The van der Waals surface area contributed by atoms with Crippen molar-refractivity contribution >= 4 is 103 Å². The number of amides is 5. The molecule has 9 N–H and O–H groups in total. The number of benzene rings is 6. The van der Waals surface area contributed by atoms with Crippen LogP contribution < -0.4 is 21.4 Å². The van der Waals surface area contributed by atoms with Crippen LogP contribution in [0.4, 0.5) is 24.9 Å². The Bertz CT molecular complexity index is 3850. The van der Waals surface area contributed by atoms with E-state index in [4.69, 9.17) is 16.6 Å². The molecule has 2 heterocycles. The number of pyridine rings is 1. The van der Waals surface area contributed by atoms with Crippen molar-refractivity contribution in [3.63, 3.8) is 0 Å². The van der Waals surface area contributed by atoms with Gasteiger partial charge >= 0.3 is 30.3 Å². The molecule has 0 saturated heterocycles. The predicted octanol–water partition coefficient (Wildman–Crippen LogP) is 12.1. The largest absolute Gasteiger partial charge is 0.508 e. The molecule has 0 spiro atoms. The molecule has 420 valence electrons. The standard InChI is InChI=1S/C61H56N6O14S/c68-44-20-25-46-38(31-44)15-23-49-52(50-24-16-39-32-45(69)21-26-47(39)54(50)81-53(46)49)51-33-40(17-22-48(51)56(71)72)55(70)62-27-9-7-5-3-1-2-4-6-8-10-28-63-57(82)65-41-18-13-36(14-19-41)11-12-37-29-42(34-66(58(73)74)59(75)76)64-43(30-37)35-67(60(77)78)61(79)80/h13-26,29-33,68H,1-10,27-28,34-35H2,(H,62,70)(H,71,72)(H,73,74)(H,75,76)(H,77,78)(H,79,80)(H2,63,65,82). The summed E-state index contributed by atoms with van der Waals surface area (Å²) in [5.74, 6) is 4.37. The maximum atomic E-state index is 13.6. The number of carboxylic acids is 1. The minimum atomic E-state index is -1.77. The number of aromatic nitrogens is 1. The summed E-state index contributed by atoms with van der Waals surface area (Å²) in [6.45, 7) is -0.276. The molecule has 0 unspecified atom stereocenters. The molecular formula is C61H56N6O14S. The number of thiocarbonyl (C=S) groups is 1. The molecule has 0 aliphatic rings. The molecule has 0 atom stereocenters. The number of fused-ring (bicyclic) bond motifs is 6. The van der Waals surface area contributed by atoms with E-state index in [0.717, 1.165) is 64.2 Å². The Morgan fingerprint density at radius 3 is 1.59 bits per heavy atom. The Morgan fingerprint density at radius 2 is 1.04 bits per heavy atom. The van der Waals surface area contributed by atoms with Gasteiger partial charge in [-0.15, -0.1) is 0 Å². The number of phenolic OH excluding ortho intramolecular Hbond substituents is 1. The van der Waals surface area contributed by atoms with Gasteiger partial charge in [-0.2, -0.15) is 0 Å². The number of hydrogen-bond acceptors (Lipinski definition) is 11. The van der Waals surface area contributed by atoms with Crippen LogP contribution in [0.5, 0.6) is 5.75 Å². The summed E-state index contributed by atoms with van der Waals surface area (Å²) in [4.78, 5) is 88.8. The number of anilines is 1. The Balaban J connectivity index is 0.747. The average molecular weight is 1130 g/mol. The number of aromatic hydroxyl groups is 1. The Kier molecular flexibility index (Phi) is 18.9. The van der Waals surface area contributed by atoms with Crippen molar-refractivity contribution in [2.24, 2.45) is 0 Å². The zero-order chi connectivity index (χ0) is 58.5. The molecule has 20 nitrogen and oxygen atoms in total. The van der Waals surface area contributed by atoms with Gasteiger partial charge in [0.1, 0.15) is 16.9 Å². The second kappa shape index (κ2) is 26.7. The van der Waals surface area contributed by atoms with E-state index in [1.54, 1.807) is 66.7 Å². The summed E-state index contributed by atoms with van der Waals surface area (Å²) >= 11 is 5.48. The van der Waals surface area contributed by atoms with Crippen molar-refractivity contribution in [2.45, 2.75) is 77.3 Å². The van der Waals surface area contributed by atoms with Gasteiger partial charge in [0.05, 0.1) is 30.0 Å². The van der Waals surface area contributed by atoms with Crippen molar-refractivity contribution in [3.8, 4) is 28.7 Å².